The molecule has 5 nitrogen and oxygen atoms in total. The fraction of sp³-hybridized carbons (Fsp3) is 0.273. The van der Waals surface area contributed by atoms with Gasteiger partial charge in [0.05, 0.1) is 18.4 Å². The first-order chi connectivity index (χ1) is 13.3. The summed E-state index contributed by atoms with van der Waals surface area (Å²) in [4.78, 5) is 16.9. The Labute approximate surface area is 157 Å². The van der Waals surface area contributed by atoms with Crippen molar-refractivity contribution in [3.05, 3.63) is 71.4 Å². The second-order valence-corrected chi connectivity index (χ2v) is 7.21. The standard InChI is InChI=1S/C22H21N3O2/c26-22(23-8-7-18-13-25-9-2-1-6-21(25)24-18)12-17-14-27-20-11-16-5-3-4-15(16)10-19(17)20/h1-2,6,9-11,13-14H,3-5,7-8,12H2,(H,23,26). The highest BCUT2D eigenvalue weighted by atomic mass is 16.3. The maximum atomic E-state index is 12.4. The van der Waals surface area contributed by atoms with E-state index in [9.17, 15) is 4.79 Å². The summed E-state index contributed by atoms with van der Waals surface area (Å²) in [5.74, 6) is 0.0157. The van der Waals surface area contributed by atoms with Gasteiger partial charge in [0.2, 0.25) is 5.91 Å². The van der Waals surface area contributed by atoms with Gasteiger partial charge in [-0.3, -0.25) is 4.79 Å². The lowest BCUT2D eigenvalue weighted by atomic mass is 10.0. The van der Waals surface area contributed by atoms with Gasteiger partial charge in [0.1, 0.15) is 11.2 Å². The highest BCUT2D eigenvalue weighted by Crippen LogP contribution is 2.30. The Balaban J connectivity index is 1.22. The molecule has 0 unspecified atom stereocenters. The van der Waals surface area contributed by atoms with Crippen LogP contribution >= 0.6 is 0 Å². The summed E-state index contributed by atoms with van der Waals surface area (Å²) in [7, 11) is 0. The van der Waals surface area contributed by atoms with Crippen molar-refractivity contribution in [2.75, 3.05) is 6.54 Å². The van der Waals surface area contributed by atoms with Crippen LogP contribution in [-0.2, 0) is 30.5 Å². The average molecular weight is 359 g/mol. The monoisotopic (exact) mass is 359 g/mol. The molecule has 0 saturated heterocycles. The Morgan fingerprint density at radius 3 is 3.00 bits per heavy atom. The molecule has 3 aromatic heterocycles. The van der Waals surface area contributed by atoms with Crippen molar-refractivity contribution in [3.63, 3.8) is 0 Å². The van der Waals surface area contributed by atoms with Crippen LogP contribution in [0.4, 0.5) is 0 Å². The molecule has 0 fully saturated rings. The molecule has 0 radical (unpaired) electrons. The van der Waals surface area contributed by atoms with Crippen LogP contribution in [0.15, 0.2) is 53.4 Å². The summed E-state index contributed by atoms with van der Waals surface area (Å²) in [5.41, 5.74) is 6.55. The molecular weight excluding hydrogens is 338 g/mol. The lowest BCUT2D eigenvalue weighted by molar-refractivity contribution is -0.120. The van der Waals surface area contributed by atoms with Crippen molar-refractivity contribution in [3.8, 4) is 0 Å². The quantitative estimate of drug-likeness (QED) is 0.594. The number of fused-ring (bicyclic) bond motifs is 3. The highest BCUT2D eigenvalue weighted by molar-refractivity contribution is 5.88. The maximum absolute atomic E-state index is 12.4. The van der Waals surface area contributed by atoms with Gasteiger partial charge in [0.15, 0.2) is 0 Å². The van der Waals surface area contributed by atoms with Gasteiger partial charge in [-0.15, -0.1) is 0 Å². The Kier molecular flexibility index (Phi) is 3.93. The van der Waals surface area contributed by atoms with E-state index in [-0.39, 0.29) is 5.91 Å². The summed E-state index contributed by atoms with van der Waals surface area (Å²) in [5, 5.41) is 4.08. The van der Waals surface area contributed by atoms with Gasteiger partial charge in [-0.05, 0) is 54.7 Å². The van der Waals surface area contributed by atoms with Gasteiger partial charge in [-0.2, -0.15) is 0 Å². The fourth-order valence-corrected chi connectivity index (χ4v) is 3.96. The molecule has 0 atom stereocenters. The minimum atomic E-state index is 0.0157. The first kappa shape index (κ1) is 16.1. The summed E-state index contributed by atoms with van der Waals surface area (Å²) in [6, 6.07) is 10.3. The zero-order valence-corrected chi connectivity index (χ0v) is 15.1. The van der Waals surface area contributed by atoms with E-state index in [0.29, 0.717) is 19.4 Å². The fourth-order valence-electron chi connectivity index (χ4n) is 3.96. The van der Waals surface area contributed by atoms with Gasteiger partial charge < -0.3 is 14.1 Å². The van der Waals surface area contributed by atoms with Crippen LogP contribution in [0.1, 0.15) is 28.8 Å². The molecular formula is C22H21N3O2. The van der Waals surface area contributed by atoms with Crippen LogP contribution in [0.3, 0.4) is 0 Å². The molecule has 0 bridgehead atoms. The van der Waals surface area contributed by atoms with Gasteiger partial charge in [-0.1, -0.05) is 6.07 Å². The predicted molar refractivity (Wildman–Crippen MR) is 104 cm³/mol. The maximum Gasteiger partial charge on any atom is 0.224 e. The van der Waals surface area contributed by atoms with E-state index < -0.39 is 0 Å². The number of carbonyl (C=O) groups excluding carboxylic acids is 1. The number of hydrogen-bond acceptors (Lipinski definition) is 3. The average Bonchev–Trinajstić information content (AvgIpc) is 3.38. The SMILES string of the molecule is O=C(Cc1coc2cc3c(cc12)CCC3)NCCc1cn2ccccc2n1. The number of imidazole rings is 1. The molecule has 1 aliphatic rings. The van der Waals surface area contributed by atoms with Crippen LogP contribution in [0.2, 0.25) is 0 Å². The lowest BCUT2D eigenvalue weighted by Crippen LogP contribution is -2.27. The molecule has 1 aromatic carbocycles. The summed E-state index contributed by atoms with van der Waals surface area (Å²) >= 11 is 0. The predicted octanol–water partition coefficient (Wildman–Crippen LogP) is 3.47. The largest absolute Gasteiger partial charge is 0.464 e. The van der Waals surface area contributed by atoms with Gasteiger partial charge in [-0.25, -0.2) is 4.98 Å². The van der Waals surface area contributed by atoms with E-state index in [4.69, 9.17) is 4.42 Å². The van der Waals surface area contributed by atoms with E-state index in [2.05, 4.69) is 22.4 Å². The van der Waals surface area contributed by atoms with Crippen molar-refractivity contribution in [2.45, 2.75) is 32.1 Å². The van der Waals surface area contributed by atoms with Crippen LogP contribution in [0.25, 0.3) is 16.6 Å². The van der Waals surface area contributed by atoms with E-state index in [1.807, 2.05) is 35.0 Å². The van der Waals surface area contributed by atoms with Crippen molar-refractivity contribution in [1.82, 2.24) is 14.7 Å². The number of rotatable bonds is 5. The number of nitrogens with zero attached hydrogens (tertiary/aromatic N) is 2. The number of furan rings is 1. The third-order valence-electron chi connectivity index (χ3n) is 5.34. The molecule has 5 rings (SSSR count). The molecule has 3 heterocycles. The smallest absolute Gasteiger partial charge is 0.224 e. The van der Waals surface area contributed by atoms with E-state index in [0.717, 1.165) is 40.7 Å². The van der Waals surface area contributed by atoms with Gasteiger partial charge in [0.25, 0.3) is 0 Å². The Morgan fingerprint density at radius 1 is 1.22 bits per heavy atom. The molecule has 1 N–H and O–H groups in total. The summed E-state index contributed by atoms with van der Waals surface area (Å²) in [6.45, 7) is 0.577. The number of nitrogens with one attached hydrogen (secondary N) is 1. The minimum Gasteiger partial charge on any atom is -0.464 e. The molecule has 0 aliphatic heterocycles. The Morgan fingerprint density at radius 2 is 2.11 bits per heavy atom. The number of benzene rings is 1. The van der Waals surface area contributed by atoms with E-state index in [1.165, 1.54) is 17.5 Å². The van der Waals surface area contributed by atoms with Gasteiger partial charge in [0, 0.05) is 36.3 Å². The number of carbonyl (C=O) groups is 1. The van der Waals surface area contributed by atoms with Crippen molar-refractivity contribution in [1.29, 1.82) is 0 Å². The zero-order chi connectivity index (χ0) is 18.2. The molecule has 4 aromatic rings. The van der Waals surface area contributed by atoms with E-state index >= 15 is 0 Å². The topological polar surface area (TPSA) is 59.5 Å². The van der Waals surface area contributed by atoms with Gasteiger partial charge >= 0.3 is 0 Å². The highest BCUT2D eigenvalue weighted by Gasteiger charge is 2.16. The summed E-state index contributed by atoms with van der Waals surface area (Å²) < 4.78 is 7.68. The number of pyridine rings is 1. The number of amides is 1. The first-order valence-corrected chi connectivity index (χ1v) is 9.47. The lowest BCUT2D eigenvalue weighted by Gasteiger charge is -2.04. The molecule has 0 spiro atoms. The van der Waals surface area contributed by atoms with Crippen molar-refractivity contribution < 1.29 is 9.21 Å². The molecule has 1 aliphatic carbocycles. The molecule has 0 saturated carbocycles. The molecule has 5 heteroatoms. The third-order valence-corrected chi connectivity index (χ3v) is 5.34. The normalized spacial score (nSPS) is 13.3. The van der Waals surface area contributed by atoms with Crippen LogP contribution in [0, 0.1) is 0 Å². The molecule has 27 heavy (non-hydrogen) atoms. The summed E-state index contributed by atoms with van der Waals surface area (Å²) in [6.07, 6.45) is 10.2. The first-order valence-electron chi connectivity index (χ1n) is 9.47. The van der Waals surface area contributed by atoms with Crippen molar-refractivity contribution in [2.24, 2.45) is 0 Å². The van der Waals surface area contributed by atoms with Crippen LogP contribution in [-0.4, -0.2) is 21.8 Å². The molecule has 1 amide bonds. The second kappa shape index (κ2) is 6.58. The third kappa shape index (κ3) is 3.10. The Bertz CT molecular complexity index is 1110. The number of aromatic nitrogens is 2. The second-order valence-electron chi connectivity index (χ2n) is 7.21. The number of aryl methyl sites for hydroxylation is 2. The van der Waals surface area contributed by atoms with Crippen molar-refractivity contribution >= 4 is 22.5 Å². The number of hydrogen-bond donors (Lipinski definition) is 1. The molecule has 136 valence electrons. The minimum absolute atomic E-state index is 0.0157. The van der Waals surface area contributed by atoms with E-state index in [1.54, 1.807) is 6.26 Å². The van der Waals surface area contributed by atoms with Crippen LogP contribution < -0.4 is 5.32 Å². The Hall–Kier alpha value is -3.08. The van der Waals surface area contributed by atoms with Crippen LogP contribution in [0.5, 0.6) is 0 Å². The zero-order valence-electron chi connectivity index (χ0n) is 15.1.